The van der Waals surface area contributed by atoms with E-state index >= 15 is 0 Å². The molecule has 0 fully saturated rings. The molecule has 4 aromatic carbocycles. The number of benzene rings is 4. The highest BCUT2D eigenvalue weighted by Gasteiger charge is 2.35. The van der Waals surface area contributed by atoms with Gasteiger partial charge in [0.25, 0.3) is 5.69 Å². The van der Waals surface area contributed by atoms with Crippen molar-refractivity contribution in [2.24, 2.45) is 0 Å². The van der Waals surface area contributed by atoms with Crippen LogP contribution in [0.3, 0.4) is 0 Å². The smallest absolute Gasteiger partial charge is 0.373 e. The SMILES string of the molecule is C#CCCCOc1cc([N+](=O)[O-])ccc1NNc1ccc(N(OC(=O)c2c(F)c(F)c(F)c(F)c2F)OC(=O)c2c(F)c(F)c(F)c(F)c2F)cc1. The van der Waals surface area contributed by atoms with Crippen molar-refractivity contribution in [3.05, 3.63) is 122 Å². The van der Waals surface area contributed by atoms with Crippen LogP contribution in [0, 0.1) is 80.6 Å². The molecular formula is C31H16F10N4O7. The Bertz CT molecular complexity index is 1970. The van der Waals surface area contributed by atoms with Gasteiger partial charge < -0.3 is 19.8 Å². The zero-order valence-corrected chi connectivity index (χ0v) is 25.3. The lowest BCUT2D eigenvalue weighted by atomic mass is 10.1. The van der Waals surface area contributed by atoms with Gasteiger partial charge in [0.1, 0.15) is 16.8 Å². The molecule has 0 saturated carbocycles. The number of halogens is 10. The van der Waals surface area contributed by atoms with Gasteiger partial charge in [0, 0.05) is 12.5 Å². The lowest BCUT2D eigenvalue weighted by Gasteiger charge is -2.22. The van der Waals surface area contributed by atoms with Gasteiger partial charge in [0.2, 0.25) is 11.6 Å². The number of carbonyl (C=O) groups is 2. The lowest BCUT2D eigenvalue weighted by Crippen LogP contribution is -2.32. The summed E-state index contributed by atoms with van der Waals surface area (Å²) in [6.07, 6.45) is 5.93. The van der Waals surface area contributed by atoms with Crippen molar-refractivity contribution in [1.82, 2.24) is 0 Å². The Morgan fingerprint density at radius 2 is 1.17 bits per heavy atom. The summed E-state index contributed by atoms with van der Waals surface area (Å²) in [5, 5.41) is 10.7. The van der Waals surface area contributed by atoms with E-state index in [1.807, 2.05) is 0 Å². The fourth-order valence-electron chi connectivity index (χ4n) is 3.94. The average molecular weight is 746 g/mol. The lowest BCUT2D eigenvalue weighted by molar-refractivity contribution is -0.384. The Balaban J connectivity index is 1.66. The molecule has 0 bridgehead atoms. The summed E-state index contributed by atoms with van der Waals surface area (Å²) in [7, 11) is 0. The van der Waals surface area contributed by atoms with Gasteiger partial charge in [0.15, 0.2) is 52.3 Å². The first-order valence-corrected chi connectivity index (χ1v) is 13.8. The summed E-state index contributed by atoms with van der Waals surface area (Å²) in [5.74, 6) is -29.2. The van der Waals surface area contributed by atoms with Gasteiger partial charge >= 0.3 is 11.9 Å². The Hall–Kier alpha value is -6.72. The zero-order valence-electron chi connectivity index (χ0n) is 25.3. The van der Waals surface area contributed by atoms with Crippen molar-refractivity contribution in [2.45, 2.75) is 12.8 Å². The van der Waals surface area contributed by atoms with Gasteiger partial charge in [-0.05, 0) is 42.0 Å². The molecule has 0 aliphatic heterocycles. The maximum absolute atomic E-state index is 14.3. The molecule has 0 unspecified atom stereocenters. The van der Waals surface area contributed by atoms with Crippen molar-refractivity contribution < 1.29 is 72.8 Å². The number of hydrazine groups is 1. The van der Waals surface area contributed by atoms with Crippen LogP contribution in [0.1, 0.15) is 33.6 Å². The molecule has 0 spiro atoms. The quantitative estimate of drug-likeness (QED) is 0.0269. The third-order valence-corrected chi connectivity index (χ3v) is 6.48. The fourth-order valence-corrected chi connectivity index (χ4v) is 3.94. The highest BCUT2D eigenvalue weighted by atomic mass is 19.2. The molecule has 0 saturated heterocycles. The second-order valence-corrected chi connectivity index (χ2v) is 9.80. The number of nitrogens with zero attached hydrogens (tertiary/aromatic N) is 2. The third-order valence-electron chi connectivity index (χ3n) is 6.48. The molecule has 0 aromatic heterocycles. The molecule has 2 N–H and O–H groups in total. The second-order valence-electron chi connectivity index (χ2n) is 9.80. The molecule has 0 radical (unpaired) electrons. The molecule has 4 aromatic rings. The predicted molar refractivity (Wildman–Crippen MR) is 156 cm³/mol. The van der Waals surface area contributed by atoms with Gasteiger partial charge in [-0.1, -0.05) is 0 Å². The minimum Gasteiger partial charge on any atom is -0.491 e. The van der Waals surface area contributed by atoms with E-state index in [0.29, 0.717) is 12.8 Å². The van der Waals surface area contributed by atoms with E-state index in [1.165, 1.54) is 6.07 Å². The summed E-state index contributed by atoms with van der Waals surface area (Å²) in [6.45, 7) is 0.0675. The van der Waals surface area contributed by atoms with Crippen molar-refractivity contribution in [3.63, 3.8) is 0 Å². The largest absolute Gasteiger partial charge is 0.491 e. The summed E-state index contributed by atoms with van der Waals surface area (Å²) >= 11 is 0. The zero-order chi connectivity index (χ0) is 38.4. The van der Waals surface area contributed by atoms with Crippen LogP contribution >= 0.6 is 0 Å². The van der Waals surface area contributed by atoms with E-state index in [0.717, 1.165) is 36.4 Å². The van der Waals surface area contributed by atoms with Crippen LogP contribution < -0.4 is 20.8 Å². The molecule has 0 atom stereocenters. The van der Waals surface area contributed by atoms with E-state index in [-0.39, 0.29) is 29.4 Å². The summed E-state index contributed by atoms with van der Waals surface area (Å²) < 4.78 is 145. The number of nitrogens with one attached hydrogen (secondary N) is 2. The van der Waals surface area contributed by atoms with E-state index < -0.39 is 97.1 Å². The van der Waals surface area contributed by atoms with Crippen LogP contribution in [0.2, 0.25) is 0 Å². The number of carbonyl (C=O) groups excluding carboxylic acids is 2. The van der Waals surface area contributed by atoms with Crippen molar-refractivity contribution in [2.75, 3.05) is 22.7 Å². The first kappa shape index (κ1) is 38.1. The molecule has 0 heterocycles. The number of nitro benzene ring substituents is 1. The number of anilines is 3. The maximum atomic E-state index is 14.3. The second kappa shape index (κ2) is 15.9. The van der Waals surface area contributed by atoms with Crippen molar-refractivity contribution in [1.29, 1.82) is 0 Å². The van der Waals surface area contributed by atoms with Crippen LogP contribution in [0.15, 0.2) is 42.5 Å². The Morgan fingerprint density at radius 3 is 1.62 bits per heavy atom. The summed E-state index contributed by atoms with van der Waals surface area (Å²) in [6, 6.07) is 7.23. The molecule has 52 heavy (non-hydrogen) atoms. The van der Waals surface area contributed by atoms with Gasteiger partial charge in [0.05, 0.1) is 29.0 Å². The standard InChI is InChI=1S/C31H16F10N4O7/c1-2-3-4-11-50-17-12-15(44(48)49)9-10-16(17)43-42-13-5-7-14(8-6-13)45(51-30(46)18-20(32)24(36)28(40)25(37)21(18)33)52-31(47)19-22(34)26(38)29(41)27(39)23(19)35/h1,5-10,12,42-43H,3-4,11H2. The highest BCUT2D eigenvalue weighted by molar-refractivity contribution is 5.92. The monoisotopic (exact) mass is 746 g/mol. The van der Waals surface area contributed by atoms with E-state index in [4.69, 9.17) is 11.2 Å². The Labute approximate surface area is 283 Å². The normalized spacial score (nSPS) is 10.6. The first-order valence-electron chi connectivity index (χ1n) is 13.8. The van der Waals surface area contributed by atoms with Crippen LogP contribution in [0.5, 0.6) is 5.75 Å². The fraction of sp³-hybridized carbons (Fsp3) is 0.0968. The molecule has 4 rings (SSSR count). The number of ether oxygens (including phenoxy) is 1. The number of hydrogen-bond acceptors (Lipinski definition) is 10. The first-order chi connectivity index (χ1) is 24.6. The molecule has 0 aliphatic rings. The number of terminal acetylenes is 1. The molecule has 0 aliphatic carbocycles. The molecule has 11 nitrogen and oxygen atoms in total. The topological polar surface area (TPSA) is 132 Å². The van der Waals surface area contributed by atoms with Crippen LogP contribution in [-0.4, -0.2) is 23.5 Å². The van der Waals surface area contributed by atoms with Crippen molar-refractivity contribution in [3.8, 4) is 18.1 Å². The predicted octanol–water partition coefficient (Wildman–Crippen LogP) is 7.57. The maximum Gasteiger partial charge on any atom is 0.373 e. The number of hydrogen-bond donors (Lipinski definition) is 2. The minimum atomic E-state index is -2.69. The third kappa shape index (κ3) is 7.85. The number of unbranched alkanes of at least 4 members (excludes halogenated alkanes) is 1. The molecular weight excluding hydrogens is 730 g/mol. The van der Waals surface area contributed by atoms with E-state index in [2.05, 4.69) is 26.4 Å². The van der Waals surface area contributed by atoms with Crippen molar-refractivity contribution >= 4 is 34.7 Å². The Kier molecular flexibility index (Phi) is 11.6. The Morgan fingerprint density at radius 1 is 0.712 bits per heavy atom. The average Bonchev–Trinajstić information content (AvgIpc) is 3.12. The molecule has 0 amide bonds. The van der Waals surface area contributed by atoms with Crippen LogP contribution in [0.4, 0.5) is 66.7 Å². The van der Waals surface area contributed by atoms with E-state index in [1.54, 1.807) is 0 Å². The van der Waals surface area contributed by atoms with Crippen LogP contribution in [0.25, 0.3) is 0 Å². The van der Waals surface area contributed by atoms with Crippen LogP contribution in [-0.2, 0) is 9.68 Å². The number of non-ortho nitro benzene ring substituents is 1. The summed E-state index contributed by atoms with van der Waals surface area (Å²) in [4.78, 5) is 44.7. The van der Waals surface area contributed by atoms with Gasteiger partial charge in [-0.3, -0.25) is 15.5 Å². The minimum absolute atomic E-state index is 0.00148. The highest BCUT2D eigenvalue weighted by Crippen LogP contribution is 2.31. The number of nitro groups is 1. The van der Waals surface area contributed by atoms with Gasteiger partial charge in [-0.15, -0.1) is 12.3 Å². The molecule has 272 valence electrons. The van der Waals surface area contributed by atoms with Gasteiger partial charge in [-0.2, -0.15) is 0 Å². The number of rotatable bonds is 13. The van der Waals surface area contributed by atoms with Gasteiger partial charge in [-0.25, -0.2) is 53.5 Å². The summed E-state index contributed by atoms with van der Waals surface area (Å²) in [5.41, 5.74) is -0.0851. The molecule has 21 heteroatoms. The van der Waals surface area contributed by atoms with E-state index in [9.17, 15) is 63.6 Å².